The van der Waals surface area contributed by atoms with Crippen LogP contribution in [-0.2, 0) is 14.8 Å². The summed E-state index contributed by atoms with van der Waals surface area (Å²) in [4.78, 5) is 14.8. The van der Waals surface area contributed by atoms with E-state index in [1.54, 1.807) is 17.0 Å². The predicted octanol–water partition coefficient (Wildman–Crippen LogP) is 5.82. The minimum Gasteiger partial charge on any atom is -0.491 e. The van der Waals surface area contributed by atoms with Gasteiger partial charge in [-0.2, -0.15) is 4.31 Å². The molecular weight excluding hydrogens is 500 g/mol. The fraction of sp³-hybridized carbons (Fsp3) is 0.633. The van der Waals surface area contributed by atoms with Crippen molar-refractivity contribution in [2.24, 2.45) is 17.8 Å². The Morgan fingerprint density at radius 3 is 2.45 bits per heavy atom. The number of nitrogens with zero attached hydrogens (tertiary/aromatic N) is 2. The lowest BCUT2D eigenvalue weighted by atomic mass is 9.68. The second kappa shape index (κ2) is 9.70. The Morgan fingerprint density at radius 1 is 1.00 bits per heavy atom. The standard InChI is InChI=1S/C30H40N2O5S/c1-30(2,3)37-29(33)31-10-6-8-24(31)19-36-28-17-26(16-23-7-4-5-9-27(23)28)38(34,35)32-18-22-12-20-11-21(13-22)15-25(32)14-20/h4-5,7,9,16-17,20-22,24-25H,6,8,10-15,18-19H2,1-3H3. The Labute approximate surface area is 226 Å². The van der Waals surface area contributed by atoms with Crippen LogP contribution in [0.2, 0.25) is 0 Å². The van der Waals surface area contributed by atoms with Crippen LogP contribution in [0.5, 0.6) is 5.75 Å². The molecule has 7 nitrogen and oxygen atoms in total. The molecule has 2 aromatic rings. The van der Waals surface area contributed by atoms with E-state index >= 15 is 0 Å². The summed E-state index contributed by atoms with van der Waals surface area (Å²) in [6.07, 6.45) is 6.99. The molecule has 2 aliphatic carbocycles. The molecule has 2 aromatic carbocycles. The average Bonchev–Trinajstić information content (AvgIpc) is 3.23. The van der Waals surface area contributed by atoms with Gasteiger partial charge in [-0.3, -0.25) is 0 Å². The van der Waals surface area contributed by atoms with Crippen LogP contribution in [0.3, 0.4) is 0 Å². The quantitative estimate of drug-likeness (QED) is 0.478. The largest absolute Gasteiger partial charge is 0.491 e. The number of ether oxygens (including phenoxy) is 2. The van der Waals surface area contributed by atoms with Gasteiger partial charge in [0, 0.05) is 30.6 Å². The van der Waals surface area contributed by atoms with E-state index in [0.717, 1.165) is 36.5 Å². The van der Waals surface area contributed by atoms with Crippen LogP contribution in [-0.4, -0.2) is 61.1 Å². The maximum absolute atomic E-state index is 14.1. The van der Waals surface area contributed by atoms with Crippen molar-refractivity contribution in [1.29, 1.82) is 0 Å². The third kappa shape index (κ3) is 5.02. The average molecular weight is 541 g/mol. The number of rotatable bonds is 5. The highest BCUT2D eigenvalue weighted by Crippen LogP contribution is 2.49. The van der Waals surface area contributed by atoms with Gasteiger partial charge in [0.2, 0.25) is 10.0 Å². The van der Waals surface area contributed by atoms with Gasteiger partial charge < -0.3 is 14.4 Å². The fourth-order valence-electron chi connectivity index (χ4n) is 7.44. The van der Waals surface area contributed by atoms with E-state index in [4.69, 9.17) is 9.47 Å². The van der Waals surface area contributed by atoms with Crippen LogP contribution >= 0.6 is 0 Å². The van der Waals surface area contributed by atoms with Crippen LogP contribution in [0, 0.1) is 17.8 Å². The first kappa shape index (κ1) is 25.9. The maximum atomic E-state index is 14.1. The summed E-state index contributed by atoms with van der Waals surface area (Å²) >= 11 is 0. The van der Waals surface area contributed by atoms with Gasteiger partial charge in [0.25, 0.3) is 0 Å². The van der Waals surface area contributed by atoms with Gasteiger partial charge in [-0.25, -0.2) is 13.2 Å². The Balaban J connectivity index is 1.27. The lowest BCUT2D eigenvalue weighted by Gasteiger charge is -2.38. The summed E-state index contributed by atoms with van der Waals surface area (Å²) in [6, 6.07) is 11.3. The summed E-state index contributed by atoms with van der Waals surface area (Å²) in [6.45, 7) is 7.17. The van der Waals surface area contributed by atoms with E-state index in [9.17, 15) is 13.2 Å². The van der Waals surface area contributed by atoms with Gasteiger partial charge in [0.15, 0.2) is 0 Å². The molecule has 0 N–H and O–H groups in total. The van der Waals surface area contributed by atoms with Crippen molar-refractivity contribution in [1.82, 2.24) is 9.21 Å². The molecule has 2 saturated carbocycles. The van der Waals surface area contributed by atoms with E-state index in [1.165, 1.54) is 19.3 Å². The summed E-state index contributed by atoms with van der Waals surface area (Å²) in [5.41, 5.74) is -0.559. The third-order valence-corrected chi connectivity index (χ3v) is 10.8. The van der Waals surface area contributed by atoms with E-state index < -0.39 is 15.6 Å². The summed E-state index contributed by atoms with van der Waals surface area (Å²) in [5.74, 6) is 2.37. The highest BCUT2D eigenvalue weighted by molar-refractivity contribution is 7.89. The number of amides is 1. The molecule has 3 atom stereocenters. The van der Waals surface area contributed by atoms with Crippen molar-refractivity contribution in [2.45, 2.75) is 88.3 Å². The van der Waals surface area contributed by atoms with E-state index in [2.05, 4.69) is 0 Å². The number of carbonyl (C=O) groups is 1. The van der Waals surface area contributed by atoms with Crippen LogP contribution < -0.4 is 4.74 Å². The Morgan fingerprint density at radius 2 is 1.71 bits per heavy atom. The van der Waals surface area contributed by atoms with Gasteiger partial charge in [0.1, 0.15) is 18.0 Å². The number of hydrogen-bond acceptors (Lipinski definition) is 5. The molecule has 8 heteroatoms. The fourth-order valence-corrected chi connectivity index (χ4v) is 9.22. The number of hydrogen-bond donors (Lipinski definition) is 0. The Kier molecular flexibility index (Phi) is 6.62. The van der Waals surface area contributed by atoms with Crippen molar-refractivity contribution < 1.29 is 22.7 Å². The Bertz CT molecular complexity index is 1310. The molecule has 3 saturated heterocycles. The van der Waals surface area contributed by atoms with E-state index in [1.807, 2.05) is 49.3 Å². The van der Waals surface area contributed by atoms with Crippen molar-refractivity contribution in [2.75, 3.05) is 19.7 Å². The Hall–Kier alpha value is -2.32. The van der Waals surface area contributed by atoms with Crippen molar-refractivity contribution >= 4 is 26.9 Å². The first-order chi connectivity index (χ1) is 18.1. The normalized spacial score (nSPS) is 29.6. The number of benzene rings is 2. The van der Waals surface area contributed by atoms with Gasteiger partial charge >= 0.3 is 6.09 Å². The van der Waals surface area contributed by atoms with Gasteiger partial charge in [-0.15, -0.1) is 0 Å². The first-order valence-electron chi connectivity index (χ1n) is 14.2. The highest BCUT2D eigenvalue weighted by atomic mass is 32.2. The molecule has 38 heavy (non-hydrogen) atoms. The third-order valence-electron chi connectivity index (χ3n) is 8.90. The van der Waals surface area contributed by atoms with Gasteiger partial charge in [-0.05, 0) is 94.9 Å². The van der Waals surface area contributed by atoms with Crippen LogP contribution in [0.25, 0.3) is 10.8 Å². The first-order valence-corrected chi connectivity index (χ1v) is 15.7. The second-order valence-electron chi connectivity index (χ2n) is 12.9. The molecule has 0 aromatic heterocycles. The lowest BCUT2D eigenvalue weighted by molar-refractivity contribution is 0.0188. The zero-order valence-corrected chi connectivity index (χ0v) is 23.6. The van der Waals surface area contributed by atoms with Crippen LogP contribution in [0.1, 0.15) is 65.7 Å². The van der Waals surface area contributed by atoms with Gasteiger partial charge in [0.05, 0.1) is 10.9 Å². The summed E-state index contributed by atoms with van der Waals surface area (Å²) in [7, 11) is -3.67. The molecular formula is C30H40N2O5S. The molecule has 3 aliphatic heterocycles. The van der Waals surface area contributed by atoms with Crippen LogP contribution in [0.15, 0.2) is 41.3 Å². The van der Waals surface area contributed by atoms with Crippen LogP contribution in [0.4, 0.5) is 4.79 Å². The number of fused-ring (bicyclic) bond motifs is 2. The van der Waals surface area contributed by atoms with Crippen molar-refractivity contribution in [3.05, 3.63) is 36.4 Å². The number of sulfonamides is 1. The molecule has 206 valence electrons. The minimum atomic E-state index is -3.67. The molecule has 5 aliphatic rings. The molecule has 0 spiro atoms. The molecule has 0 radical (unpaired) electrons. The highest BCUT2D eigenvalue weighted by Gasteiger charge is 2.46. The van der Waals surface area contributed by atoms with Crippen molar-refractivity contribution in [3.63, 3.8) is 0 Å². The van der Waals surface area contributed by atoms with Crippen molar-refractivity contribution in [3.8, 4) is 5.75 Å². The maximum Gasteiger partial charge on any atom is 0.410 e. The minimum absolute atomic E-state index is 0.105. The molecule has 3 heterocycles. The molecule has 7 rings (SSSR count). The van der Waals surface area contributed by atoms with E-state index in [0.29, 0.717) is 48.1 Å². The number of carbonyl (C=O) groups excluding carboxylic acids is 1. The molecule has 5 fully saturated rings. The lowest BCUT2D eigenvalue weighted by Crippen LogP contribution is -2.42. The second-order valence-corrected chi connectivity index (χ2v) is 14.8. The smallest absolute Gasteiger partial charge is 0.410 e. The van der Waals surface area contributed by atoms with E-state index in [-0.39, 0.29) is 18.2 Å². The topological polar surface area (TPSA) is 76.1 Å². The molecule has 4 bridgehead atoms. The SMILES string of the molecule is CC(C)(C)OC(=O)N1CCCC1COc1cc(S(=O)(=O)N2CC3CC4CC(C3)CC2C4)cc2ccccc12. The molecule has 1 amide bonds. The zero-order chi connectivity index (χ0) is 26.7. The monoisotopic (exact) mass is 540 g/mol. The summed E-state index contributed by atoms with van der Waals surface area (Å²) in [5, 5.41) is 1.73. The zero-order valence-electron chi connectivity index (χ0n) is 22.8. The number of likely N-dealkylation sites (tertiary alicyclic amines) is 1. The molecule has 3 unspecified atom stereocenters. The van der Waals surface area contributed by atoms with Gasteiger partial charge in [-0.1, -0.05) is 24.3 Å². The summed E-state index contributed by atoms with van der Waals surface area (Å²) < 4.78 is 42.0. The predicted molar refractivity (Wildman–Crippen MR) is 147 cm³/mol.